The van der Waals surface area contributed by atoms with E-state index in [1.807, 2.05) is 29.2 Å². The van der Waals surface area contributed by atoms with Gasteiger partial charge in [0.15, 0.2) is 0 Å². The summed E-state index contributed by atoms with van der Waals surface area (Å²) in [6.07, 6.45) is 7.50. The van der Waals surface area contributed by atoms with Crippen molar-refractivity contribution >= 4 is 27.7 Å². The Morgan fingerprint density at radius 2 is 1.81 bits per heavy atom. The summed E-state index contributed by atoms with van der Waals surface area (Å²) < 4.78 is 0.796. The Labute approximate surface area is 160 Å². The van der Waals surface area contributed by atoms with E-state index >= 15 is 0 Å². The fourth-order valence-corrected chi connectivity index (χ4v) is 3.27. The standard InChI is InChI=1S/C20H20BrN3O2/c21-16-9-15(10-22-11-16)20(26)24(18-7-8-18)12-13-1-3-14(4-2-13)19(25)23-17-5-6-17/h1-4,9-11,17-18H,5-8,12H2,(H,23,25). The van der Waals surface area contributed by atoms with E-state index in [0.29, 0.717) is 29.8 Å². The highest BCUT2D eigenvalue weighted by atomic mass is 79.9. The van der Waals surface area contributed by atoms with E-state index in [2.05, 4.69) is 26.2 Å². The zero-order valence-corrected chi connectivity index (χ0v) is 15.9. The monoisotopic (exact) mass is 413 g/mol. The van der Waals surface area contributed by atoms with Crippen LogP contribution in [0.4, 0.5) is 0 Å². The van der Waals surface area contributed by atoms with Crippen LogP contribution in [0.15, 0.2) is 47.2 Å². The normalized spacial score (nSPS) is 16.2. The van der Waals surface area contributed by atoms with E-state index in [1.165, 1.54) is 0 Å². The molecule has 2 fully saturated rings. The molecule has 2 aliphatic rings. The summed E-state index contributed by atoms with van der Waals surface area (Å²) in [5, 5.41) is 2.99. The maximum absolute atomic E-state index is 12.9. The van der Waals surface area contributed by atoms with Gasteiger partial charge in [0.2, 0.25) is 0 Å². The lowest BCUT2D eigenvalue weighted by molar-refractivity contribution is 0.0729. The lowest BCUT2D eigenvalue weighted by atomic mass is 10.1. The lowest BCUT2D eigenvalue weighted by Gasteiger charge is -2.22. The summed E-state index contributed by atoms with van der Waals surface area (Å²) in [6, 6.07) is 9.99. The quantitative estimate of drug-likeness (QED) is 0.787. The third kappa shape index (κ3) is 4.12. The molecular weight excluding hydrogens is 394 g/mol. The molecule has 2 saturated carbocycles. The number of hydrogen-bond acceptors (Lipinski definition) is 3. The summed E-state index contributed by atoms with van der Waals surface area (Å²) >= 11 is 3.37. The topological polar surface area (TPSA) is 62.3 Å². The molecule has 1 heterocycles. The smallest absolute Gasteiger partial charge is 0.256 e. The summed E-state index contributed by atoms with van der Waals surface area (Å²) in [7, 11) is 0. The van der Waals surface area contributed by atoms with Crippen LogP contribution in [0.2, 0.25) is 0 Å². The van der Waals surface area contributed by atoms with Crippen LogP contribution < -0.4 is 5.32 Å². The maximum atomic E-state index is 12.9. The number of halogens is 1. The predicted octanol–water partition coefficient (Wildman–Crippen LogP) is 3.54. The van der Waals surface area contributed by atoms with Crippen molar-refractivity contribution in [1.29, 1.82) is 0 Å². The first-order chi connectivity index (χ1) is 12.6. The molecule has 0 atom stereocenters. The Morgan fingerprint density at radius 3 is 2.42 bits per heavy atom. The van der Waals surface area contributed by atoms with Crippen LogP contribution in [0, 0.1) is 0 Å². The Kier molecular flexibility index (Phi) is 4.76. The third-order valence-corrected chi connectivity index (χ3v) is 5.12. The number of carbonyl (C=O) groups excluding carboxylic acids is 2. The number of carbonyl (C=O) groups is 2. The number of rotatable bonds is 6. The molecule has 0 saturated heterocycles. The fraction of sp³-hybridized carbons (Fsp3) is 0.350. The van der Waals surface area contributed by atoms with Crippen molar-refractivity contribution in [2.24, 2.45) is 0 Å². The first-order valence-electron chi connectivity index (χ1n) is 8.91. The van der Waals surface area contributed by atoms with Gasteiger partial charge in [-0.3, -0.25) is 14.6 Å². The van der Waals surface area contributed by atoms with E-state index in [1.54, 1.807) is 18.5 Å². The second-order valence-corrected chi connectivity index (χ2v) is 7.92. The molecule has 0 aliphatic heterocycles. The molecule has 0 spiro atoms. The van der Waals surface area contributed by atoms with Crippen molar-refractivity contribution in [2.75, 3.05) is 0 Å². The number of pyridine rings is 1. The van der Waals surface area contributed by atoms with Crippen molar-refractivity contribution in [3.8, 4) is 0 Å². The van der Waals surface area contributed by atoms with Gasteiger partial charge in [0.1, 0.15) is 0 Å². The van der Waals surface area contributed by atoms with Crippen molar-refractivity contribution in [1.82, 2.24) is 15.2 Å². The average Bonchev–Trinajstić information content (AvgIpc) is 3.54. The van der Waals surface area contributed by atoms with Crippen LogP contribution in [0.5, 0.6) is 0 Å². The van der Waals surface area contributed by atoms with E-state index in [-0.39, 0.29) is 11.8 Å². The summed E-state index contributed by atoms with van der Waals surface area (Å²) in [6.45, 7) is 0.542. The number of benzene rings is 1. The zero-order chi connectivity index (χ0) is 18.1. The van der Waals surface area contributed by atoms with Gasteiger partial charge in [-0.05, 0) is 65.4 Å². The van der Waals surface area contributed by atoms with Crippen LogP contribution in [0.1, 0.15) is 52.0 Å². The molecule has 2 aliphatic carbocycles. The zero-order valence-electron chi connectivity index (χ0n) is 14.3. The molecule has 26 heavy (non-hydrogen) atoms. The molecule has 5 nitrogen and oxygen atoms in total. The minimum absolute atomic E-state index is 0.00291. The van der Waals surface area contributed by atoms with Crippen molar-refractivity contribution in [2.45, 2.75) is 44.3 Å². The first kappa shape index (κ1) is 17.2. The Hall–Kier alpha value is -2.21. The van der Waals surface area contributed by atoms with Crippen LogP contribution in [-0.2, 0) is 6.54 Å². The molecule has 0 bridgehead atoms. The first-order valence-corrected chi connectivity index (χ1v) is 9.71. The molecule has 4 rings (SSSR count). The van der Waals surface area contributed by atoms with E-state index in [9.17, 15) is 9.59 Å². The van der Waals surface area contributed by atoms with Gasteiger partial charge in [-0.25, -0.2) is 0 Å². The Bertz CT molecular complexity index is 829. The average molecular weight is 414 g/mol. The van der Waals surface area contributed by atoms with Gasteiger partial charge in [0.25, 0.3) is 11.8 Å². The highest BCUT2D eigenvalue weighted by molar-refractivity contribution is 9.10. The minimum Gasteiger partial charge on any atom is -0.349 e. The van der Waals surface area contributed by atoms with Crippen LogP contribution >= 0.6 is 15.9 Å². The molecule has 0 radical (unpaired) electrons. The second-order valence-electron chi connectivity index (χ2n) is 7.00. The second kappa shape index (κ2) is 7.19. The van der Waals surface area contributed by atoms with Crippen molar-refractivity contribution < 1.29 is 9.59 Å². The van der Waals surface area contributed by atoms with Crippen LogP contribution in [-0.4, -0.2) is 33.8 Å². The van der Waals surface area contributed by atoms with Crippen molar-refractivity contribution in [3.05, 3.63) is 63.9 Å². The van der Waals surface area contributed by atoms with Gasteiger partial charge in [0.05, 0.1) is 5.56 Å². The van der Waals surface area contributed by atoms with Gasteiger partial charge in [-0.1, -0.05) is 12.1 Å². The van der Waals surface area contributed by atoms with E-state index in [4.69, 9.17) is 0 Å². The van der Waals surface area contributed by atoms with Gasteiger partial charge in [0, 0.05) is 41.1 Å². The summed E-state index contributed by atoms with van der Waals surface area (Å²) in [5.74, 6) is -0.0220. The van der Waals surface area contributed by atoms with Gasteiger partial charge < -0.3 is 10.2 Å². The molecule has 2 aromatic rings. The fourth-order valence-electron chi connectivity index (χ4n) is 2.90. The number of aromatic nitrogens is 1. The highest BCUT2D eigenvalue weighted by Gasteiger charge is 2.33. The van der Waals surface area contributed by atoms with E-state index < -0.39 is 0 Å². The molecule has 1 aromatic carbocycles. The molecular formula is C20H20BrN3O2. The Morgan fingerprint density at radius 1 is 1.08 bits per heavy atom. The van der Waals surface area contributed by atoms with Crippen LogP contribution in [0.3, 0.4) is 0 Å². The van der Waals surface area contributed by atoms with Gasteiger partial charge in [-0.15, -0.1) is 0 Å². The third-order valence-electron chi connectivity index (χ3n) is 4.68. The maximum Gasteiger partial charge on any atom is 0.256 e. The number of hydrogen-bond donors (Lipinski definition) is 1. The van der Waals surface area contributed by atoms with Gasteiger partial charge in [-0.2, -0.15) is 0 Å². The SMILES string of the molecule is O=C(NC1CC1)c1ccc(CN(C(=O)c2cncc(Br)c2)C2CC2)cc1. The Balaban J connectivity index is 1.46. The minimum atomic E-state index is -0.0191. The lowest BCUT2D eigenvalue weighted by Crippen LogP contribution is -2.32. The molecule has 0 unspecified atom stereocenters. The number of amides is 2. The predicted molar refractivity (Wildman–Crippen MR) is 102 cm³/mol. The highest BCUT2D eigenvalue weighted by Crippen LogP contribution is 2.30. The van der Waals surface area contributed by atoms with Gasteiger partial charge >= 0.3 is 0 Å². The summed E-state index contributed by atoms with van der Waals surface area (Å²) in [5.41, 5.74) is 2.28. The molecule has 6 heteroatoms. The molecule has 1 N–H and O–H groups in total. The number of nitrogens with zero attached hydrogens (tertiary/aromatic N) is 2. The molecule has 1 aromatic heterocycles. The number of nitrogens with one attached hydrogen (secondary N) is 1. The largest absolute Gasteiger partial charge is 0.349 e. The molecule has 134 valence electrons. The summed E-state index contributed by atoms with van der Waals surface area (Å²) in [4.78, 5) is 31.0. The van der Waals surface area contributed by atoms with E-state index in [0.717, 1.165) is 35.7 Å². The van der Waals surface area contributed by atoms with Crippen molar-refractivity contribution in [3.63, 3.8) is 0 Å². The molecule has 2 amide bonds. The van der Waals surface area contributed by atoms with Crippen LogP contribution in [0.25, 0.3) is 0 Å².